The van der Waals surface area contributed by atoms with Gasteiger partial charge in [0.1, 0.15) is 5.01 Å². The van der Waals surface area contributed by atoms with Crippen molar-refractivity contribution < 1.29 is 4.79 Å². The maximum Gasteiger partial charge on any atom is 0.258 e. The van der Waals surface area contributed by atoms with E-state index in [1.807, 2.05) is 23.1 Å². The number of carbonyl (C=O) groups is 1. The minimum atomic E-state index is -0.159. The van der Waals surface area contributed by atoms with E-state index in [0.717, 1.165) is 14.1 Å². The van der Waals surface area contributed by atoms with Gasteiger partial charge in [-0.25, -0.2) is 0 Å². The summed E-state index contributed by atoms with van der Waals surface area (Å²) in [6, 6.07) is 8.37. The highest BCUT2D eigenvalue weighted by Gasteiger charge is 2.06. The molecule has 0 aliphatic heterocycles. The Morgan fingerprint density at radius 1 is 1.25 bits per heavy atom. The Bertz CT molecular complexity index is 892. The van der Waals surface area contributed by atoms with Crippen LogP contribution in [0.5, 0.6) is 0 Å². The molecule has 0 aliphatic carbocycles. The highest BCUT2D eigenvalue weighted by Crippen LogP contribution is 2.21. The third kappa shape index (κ3) is 4.62. The van der Waals surface area contributed by atoms with Crippen molar-refractivity contribution in [2.24, 2.45) is 4.99 Å². The lowest BCUT2D eigenvalue weighted by molar-refractivity contribution is -0.115. The second-order valence-corrected chi connectivity index (χ2v) is 8.46. The summed E-state index contributed by atoms with van der Waals surface area (Å²) < 4.78 is 2.79. The summed E-state index contributed by atoms with van der Waals surface area (Å²) in [7, 11) is 0. The van der Waals surface area contributed by atoms with Gasteiger partial charge in [0.15, 0.2) is 9.14 Å². The minimum Gasteiger partial charge on any atom is -0.319 e. The van der Waals surface area contributed by atoms with Crippen molar-refractivity contribution in [1.29, 1.82) is 0 Å². The molecule has 0 atom stereocenters. The Balaban J connectivity index is 1.67. The average Bonchev–Trinajstić information content (AvgIpc) is 3.17. The molecule has 3 rings (SSSR count). The van der Waals surface area contributed by atoms with Gasteiger partial charge in [0, 0.05) is 18.1 Å². The van der Waals surface area contributed by atoms with Crippen LogP contribution in [-0.2, 0) is 11.3 Å². The van der Waals surface area contributed by atoms with Crippen molar-refractivity contribution in [3.8, 4) is 0 Å². The molecule has 0 bridgehead atoms. The molecule has 2 aromatic heterocycles. The molecule has 0 aliphatic rings. The summed E-state index contributed by atoms with van der Waals surface area (Å²) in [5.41, 5.74) is 2.42. The van der Waals surface area contributed by atoms with E-state index in [2.05, 4.69) is 46.4 Å². The van der Waals surface area contributed by atoms with Crippen molar-refractivity contribution in [3.63, 3.8) is 0 Å². The van der Waals surface area contributed by atoms with Gasteiger partial charge in [0.25, 0.3) is 5.91 Å². The number of thiazole rings is 1. The molecule has 1 amide bonds. The fourth-order valence-corrected chi connectivity index (χ4v) is 4.34. The molecule has 1 aromatic carbocycles. The molecule has 0 fully saturated rings. The number of aromatic nitrogens is 3. The Labute approximate surface area is 152 Å². The lowest BCUT2D eigenvalue weighted by atomic mass is 10.1. The molecule has 2 heterocycles. The first-order valence-electron chi connectivity index (χ1n) is 7.30. The van der Waals surface area contributed by atoms with Gasteiger partial charge in [-0.2, -0.15) is 4.99 Å². The van der Waals surface area contributed by atoms with Crippen LogP contribution in [0.3, 0.4) is 0 Å². The van der Waals surface area contributed by atoms with Gasteiger partial charge in [0.2, 0.25) is 0 Å². The van der Waals surface area contributed by atoms with E-state index in [0.29, 0.717) is 6.54 Å². The number of aryl methyl sites for hydroxylation is 2. The highest BCUT2D eigenvalue weighted by molar-refractivity contribution is 8.01. The first-order chi connectivity index (χ1) is 11.6. The smallest absolute Gasteiger partial charge is 0.258 e. The van der Waals surface area contributed by atoms with Crippen molar-refractivity contribution in [3.05, 3.63) is 56.8 Å². The van der Waals surface area contributed by atoms with Crippen LogP contribution in [0.25, 0.3) is 0 Å². The quantitative estimate of drug-likeness (QED) is 0.641. The lowest BCUT2D eigenvalue weighted by Gasteiger charge is -2.03. The van der Waals surface area contributed by atoms with Crippen LogP contribution in [0.2, 0.25) is 0 Å². The van der Waals surface area contributed by atoms with Gasteiger partial charge in [0.05, 0.1) is 5.75 Å². The van der Waals surface area contributed by atoms with Gasteiger partial charge in [-0.3, -0.25) is 4.79 Å². The monoisotopic (exact) mass is 376 g/mol. The molecular weight excluding hydrogens is 360 g/mol. The summed E-state index contributed by atoms with van der Waals surface area (Å²) in [5, 5.41) is 10.8. The van der Waals surface area contributed by atoms with Crippen molar-refractivity contribution >= 4 is 40.3 Å². The second kappa shape index (κ2) is 7.87. The average molecular weight is 377 g/mol. The largest absolute Gasteiger partial charge is 0.319 e. The Hall–Kier alpha value is -1.77. The van der Waals surface area contributed by atoms with Gasteiger partial charge in [-0.15, -0.1) is 21.5 Å². The molecule has 0 radical (unpaired) electrons. The number of benzene rings is 1. The summed E-state index contributed by atoms with van der Waals surface area (Å²) in [5.74, 6) is 0.116. The van der Waals surface area contributed by atoms with Gasteiger partial charge in [-0.05, 0) is 19.4 Å². The summed E-state index contributed by atoms with van der Waals surface area (Å²) in [6.45, 7) is 4.67. The topological polar surface area (TPSA) is 60.1 Å². The van der Waals surface area contributed by atoms with Crippen LogP contribution in [0.1, 0.15) is 16.1 Å². The van der Waals surface area contributed by atoms with Gasteiger partial charge in [-0.1, -0.05) is 52.9 Å². The predicted molar refractivity (Wildman–Crippen MR) is 98.5 cm³/mol. The summed E-state index contributed by atoms with van der Waals surface area (Å²) in [4.78, 5) is 17.1. The molecule has 0 saturated heterocycles. The van der Waals surface area contributed by atoms with E-state index in [9.17, 15) is 4.79 Å². The van der Waals surface area contributed by atoms with Crippen LogP contribution >= 0.6 is 34.4 Å². The summed E-state index contributed by atoms with van der Waals surface area (Å²) in [6.07, 6.45) is 1.96. The SMILES string of the molecule is Cc1ccc(Cn2ccsc2=NC(=O)CSc2nnc(C)s2)cc1. The lowest BCUT2D eigenvalue weighted by Crippen LogP contribution is -2.17. The maximum absolute atomic E-state index is 12.1. The Morgan fingerprint density at radius 2 is 2.04 bits per heavy atom. The number of thioether (sulfide) groups is 1. The zero-order chi connectivity index (χ0) is 16.9. The normalized spacial score (nSPS) is 11.8. The van der Waals surface area contributed by atoms with Gasteiger partial charge < -0.3 is 4.57 Å². The molecule has 8 heteroatoms. The van der Waals surface area contributed by atoms with Crippen molar-refractivity contribution in [2.45, 2.75) is 24.7 Å². The summed E-state index contributed by atoms with van der Waals surface area (Å²) >= 11 is 4.33. The van der Waals surface area contributed by atoms with E-state index < -0.39 is 0 Å². The number of hydrogen-bond acceptors (Lipinski definition) is 6. The molecule has 0 saturated carbocycles. The van der Waals surface area contributed by atoms with Crippen molar-refractivity contribution in [1.82, 2.24) is 14.8 Å². The van der Waals surface area contributed by atoms with E-state index in [-0.39, 0.29) is 11.7 Å². The van der Waals surface area contributed by atoms with Crippen molar-refractivity contribution in [2.75, 3.05) is 5.75 Å². The van der Waals surface area contributed by atoms with E-state index in [1.54, 1.807) is 0 Å². The Morgan fingerprint density at radius 3 is 2.75 bits per heavy atom. The van der Waals surface area contributed by atoms with E-state index in [4.69, 9.17) is 0 Å². The number of hydrogen-bond donors (Lipinski definition) is 0. The molecule has 24 heavy (non-hydrogen) atoms. The van der Waals surface area contributed by atoms with Crippen LogP contribution in [0.4, 0.5) is 0 Å². The van der Waals surface area contributed by atoms with Crippen LogP contribution in [0, 0.1) is 13.8 Å². The molecule has 3 aromatic rings. The second-order valence-electron chi connectivity index (χ2n) is 5.18. The highest BCUT2D eigenvalue weighted by atomic mass is 32.2. The fourth-order valence-electron chi connectivity index (χ4n) is 2.00. The first-order valence-corrected chi connectivity index (χ1v) is 9.98. The molecule has 0 N–H and O–H groups in total. The molecule has 124 valence electrons. The molecular formula is C16H16N4OS3. The fraction of sp³-hybridized carbons (Fsp3) is 0.250. The number of carbonyl (C=O) groups excluding carboxylic acids is 1. The molecule has 0 unspecified atom stereocenters. The Kier molecular flexibility index (Phi) is 5.60. The number of amides is 1. The van der Waals surface area contributed by atoms with Crippen LogP contribution in [-0.4, -0.2) is 26.4 Å². The third-order valence-electron chi connectivity index (χ3n) is 3.18. The standard InChI is InChI=1S/C16H16N4OS3/c1-11-3-5-13(6-4-11)9-20-7-8-22-15(20)17-14(21)10-23-16-19-18-12(2)24-16/h3-8H,9-10H2,1-2H3. The number of nitrogens with zero attached hydrogens (tertiary/aromatic N) is 4. The predicted octanol–water partition coefficient (Wildman–Crippen LogP) is 3.29. The molecule has 0 spiro atoms. The van der Waals surface area contributed by atoms with Crippen LogP contribution < -0.4 is 4.80 Å². The van der Waals surface area contributed by atoms with E-state index >= 15 is 0 Å². The maximum atomic E-state index is 12.1. The van der Waals surface area contributed by atoms with Crippen LogP contribution in [0.15, 0.2) is 45.2 Å². The zero-order valence-corrected chi connectivity index (χ0v) is 15.7. The minimum absolute atomic E-state index is 0.159. The van der Waals surface area contributed by atoms with Gasteiger partial charge >= 0.3 is 0 Å². The number of rotatable bonds is 5. The molecule has 5 nitrogen and oxygen atoms in total. The first kappa shape index (κ1) is 17.1. The zero-order valence-electron chi connectivity index (χ0n) is 13.3. The third-order valence-corrected chi connectivity index (χ3v) is 5.93. The van der Waals surface area contributed by atoms with E-state index in [1.165, 1.54) is 45.6 Å².